The van der Waals surface area contributed by atoms with E-state index >= 15 is 0 Å². The minimum Gasteiger partial charge on any atom is -0.255 e. The van der Waals surface area contributed by atoms with Crippen LogP contribution in [0.5, 0.6) is 0 Å². The third kappa shape index (κ3) is 2.44. The molecule has 0 N–H and O–H groups in total. The SMILES string of the molecule is N#Cc1c(Br)nc2ccc(C(=O)F)cc2c1C1CCCC1. The van der Waals surface area contributed by atoms with E-state index in [9.17, 15) is 14.4 Å². The summed E-state index contributed by atoms with van der Waals surface area (Å²) in [6.07, 6.45) is 4.26. The summed E-state index contributed by atoms with van der Waals surface area (Å²) in [7, 11) is 0. The van der Waals surface area contributed by atoms with Gasteiger partial charge in [0.1, 0.15) is 10.7 Å². The van der Waals surface area contributed by atoms with Gasteiger partial charge < -0.3 is 0 Å². The highest BCUT2D eigenvalue weighted by atomic mass is 79.9. The van der Waals surface area contributed by atoms with Crippen LogP contribution in [0.3, 0.4) is 0 Å². The molecule has 21 heavy (non-hydrogen) atoms. The summed E-state index contributed by atoms with van der Waals surface area (Å²) >= 11 is 3.35. The summed E-state index contributed by atoms with van der Waals surface area (Å²) in [4.78, 5) is 15.3. The Morgan fingerprint density at radius 1 is 1.38 bits per heavy atom. The second-order valence-corrected chi connectivity index (χ2v) is 6.04. The molecule has 3 rings (SSSR count). The van der Waals surface area contributed by atoms with Crippen molar-refractivity contribution in [1.29, 1.82) is 5.26 Å². The molecule has 1 saturated carbocycles. The van der Waals surface area contributed by atoms with E-state index in [1.54, 1.807) is 6.07 Å². The first-order chi connectivity index (χ1) is 10.1. The molecule has 0 unspecified atom stereocenters. The molecule has 0 spiro atoms. The predicted molar refractivity (Wildman–Crippen MR) is 80.8 cm³/mol. The third-order valence-corrected chi connectivity index (χ3v) is 4.66. The van der Waals surface area contributed by atoms with E-state index in [0.717, 1.165) is 31.2 Å². The average molecular weight is 347 g/mol. The van der Waals surface area contributed by atoms with E-state index < -0.39 is 6.04 Å². The van der Waals surface area contributed by atoms with Crippen LogP contribution in [0.15, 0.2) is 22.8 Å². The standard InChI is InChI=1S/C16H12BrFN2O/c17-15-12(8-19)14(9-3-1-2-4-9)11-7-10(16(18)21)5-6-13(11)20-15/h5-7,9H,1-4H2. The molecule has 1 aliphatic carbocycles. The highest BCUT2D eigenvalue weighted by Gasteiger charge is 2.25. The quantitative estimate of drug-likeness (QED) is 0.588. The highest BCUT2D eigenvalue weighted by molar-refractivity contribution is 9.10. The summed E-state index contributed by atoms with van der Waals surface area (Å²) in [5.74, 6) is 0.270. The lowest BCUT2D eigenvalue weighted by atomic mass is 9.90. The van der Waals surface area contributed by atoms with Crippen molar-refractivity contribution in [3.63, 3.8) is 0 Å². The summed E-state index contributed by atoms with van der Waals surface area (Å²) < 4.78 is 13.5. The Kier molecular flexibility index (Phi) is 3.73. The van der Waals surface area contributed by atoms with Crippen molar-refractivity contribution in [2.45, 2.75) is 31.6 Å². The maximum Gasteiger partial charge on any atom is 0.332 e. The summed E-state index contributed by atoms with van der Waals surface area (Å²) in [5.41, 5.74) is 2.08. The van der Waals surface area contributed by atoms with Gasteiger partial charge in [0, 0.05) is 5.39 Å². The van der Waals surface area contributed by atoms with Crippen molar-refractivity contribution >= 4 is 32.9 Å². The molecule has 1 aromatic heterocycles. The zero-order chi connectivity index (χ0) is 15.0. The van der Waals surface area contributed by atoms with Crippen molar-refractivity contribution in [2.24, 2.45) is 0 Å². The maximum atomic E-state index is 13.0. The molecule has 0 bridgehead atoms. The Hall–Kier alpha value is -1.80. The van der Waals surface area contributed by atoms with E-state index in [2.05, 4.69) is 27.0 Å². The van der Waals surface area contributed by atoms with Gasteiger partial charge in [-0.05, 0) is 58.5 Å². The molecule has 3 nitrogen and oxygen atoms in total. The first-order valence-corrected chi connectivity index (χ1v) is 7.64. The lowest BCUT2D eigenvalue weighted by molar-refractivity contribution is 0.0836. The van der Waals surface area contributed by atoms with Crippen LogP contribution in [0.25, 0.3) is 10.9 Å². The lowest BCUT2D eigenvalue weighted by Crippen LogP contribution is -2.02. The number of halogens is 2. The Balaban J connectivity index is 2.34. The number of benzene rings is 1. The Morgan fingerprint density at radius 3 is 2.71 bits per heavy atom. The van der Waals surface area contributed by atoms with Crippen molar-refractivity contribution < 1.29 is 9.18 Å². The molecule has 2 aromatic rings. The number of aromatic nitrogens is 1. The zero-order valence-electron chi connectivity index (χ0n) is 11.2. The van der Waals surface area contributed by atoms with Crippen molar-refractivity contribution in [1.82, 2.24) is 4.98 Å². The largest absolute Gasteiger partial charge is 0.332 e. The first kappa shape index (κ1) is 14.2. The van der Waals surface area contributed by atoms with Crippen LogP contribution < -0.4 is 0 Å². The van der Waals surface area contributed by atoms with Gasteiger partial charge in [-0.15, -0.1) is 0 Å². The lowest BCUT2D eigenvalue weighted by Gasteiger charge is -2.16. The third-order valence-electron chi connectivity index (χ3n) is 4.08. The van der Waals surface area contributed by atoms with Gasteiger partial charge in [0.05, 0.1) is 16.6 Å². The molecule has 1 fully saturated rings. The zero-order valence-corrected chi connectivity index (χ0v) is 12.8. The monoisotopic (exact) mass is 346 g/mol. The van der Waals surface area contributed by atoms with Crippen molar-refractivity contribution in [3.05, 3.63) is 39.5 Å². The smallest absolute Gasteiger partial charge is 0.255 e. The highest BCUT2D eigenvalue weighted by Crippen LogP contribution is 2.41. The number of nitriles is 1. The van der Waals surface area contributed by atoms with Crippen LogP contribution >= 0.6 is 15.9 Å². The van der Waals surface area contributed by atoms with E-state index in [0.29, 0.717) is 21.1 Å². The summed E-state index contributed by atoms with van der Waals surface area (Å²) in [5, 5.41) is 10.1. The van der Waals surface area contributed by atoms with E-state index in [1.807, 2.05) is 0 Å². The molecule has 1 aromatic carbocycles. The van der Waals surface area contributed by atoms with E-state index in [1.165, 1.54) is 12.1 Å². The van der Waals surface area contributed by atoms with Gasteiger partial charge in [-0.25, -0.2) is 4.98 Å². The average Bonchev–Trinajstić information content (AvgIpc) is 2.99. The fraction of sp³-hybridized carbons (Fsp3) is 0.312. The molecule has 0 aliphatic heterocycles. The Bertz CT molecular complexity index is 776. The van der Waals surface area contributed by atoms with Crippen LogP contribution in [0, 0.1) is 11.3 Å². The predicted octanol–water partition coefficient (Wildman–Crippen LogP) is 4.64. The van der Waals surface area contributed by atoms with Crippen LogP contribution in [0.2, 0.25) is 0 Å². The maximum absolute atomic E-state index is 13.0. The number of fused-ring (bicyclic) bond motifs is 1. The second-order valence-electron chi connectivity index (χ2n) is 5.29. The Morgan fingerprint density at radius 2 is 2.10 bits per heavy atom. The van der Waals surface area contributed by atoms with Crippen LogP contribution in [0.1, 0.15) is 53.1 Å². The fourth-order valence-corrected chi connectivity index (χ4v) is 3.62. The Labute approximate surface area is 129 Å². The number of carbonyl (C=O) groups is 1. The summed E-state index contributed by atoms with van der Waals surface area (Å²) in [6, 6.07) is 5.31. The number of rotatable bonds is 2. The minimum atomic E-state index is -1.46. The minimum absolute atomic E-state index is 0.00904. The van der Waals surface area contributed by atoms with Gasteiger partial charge in [-0.1, -0.05) is 12.8 Å². The molecular formula is C16H12BrFN2O. The second kappa shape index (κ2) is 5.53. The number of hydrogen-bond donors (Lipinski definition) is 0. The molecule has 0 atom stereocenters. The molecule has 1 aliphatic rings. The first-order valence-electron chi connectivity index (χ1n) is 6.85. The van der Waals surface area contributed by atoms with Gasteiger partial charge >= 0.3 is 6.04 Å². The molecule has 1 heterocycles. The van der Waals surface area contributed by atoms with Crippen LogP contribution in [-0.4, -0.2) is 11.0 Å². The molecule has 0 saturated heterocycles. The molecule has 0 amide bonds. The van der Waals surface area contributed by atoms with Crippen molar-refractivity contribution in [2.75, 3.05) is 0 Å². The van der Waals surface area contributed by atoms with Gasteiger partial charge in [0.25, 0.3) is 0 Å². The molecular weight excluding hydrogens is 335 g/mol. The van der Waals surface area contributed by atoms with Crippen molar-refractivity contribution in [3.8, 4) is 6.07 Å². The number of hydrogen-bond acceptors (Lipinski definition) is 3. The van der Waals surface area contributed by atoms with Gasteiger partial charge in [0.15, 0.2) is 0 Å². The normalized spacial score (nSPS) is 15.3. The van der Waals surface area contributed by atoms with Gasteiger partial charge in [-0.3, -0.25) is 4.79 Å². The molecule has 0 radical (unpaired) electrons. The number of nitrogens with zero attached hydrogens (tertiary/aromatic N) is 2. The van der Waals surface area contributed by atoms with Crippen LogP contribution in [0.4, 0.5) is 4.39 Å². The van der Waals surface area contributed by atoms with Crippen LogP contribution in [-0.2, 0) is 0 Å². The summed E-state index contributed by atoms with van der Waals surface area (Å²) in [6.45, 7) is 0. The topological polar surface area (TPSA) is 53.8 Å². The van der Waals surface area contributed by atoms with Gasteiger partial charge in [-0.2, -0.15) is 9.65 Å². The molecule has 5 heteroatoms. The number of pyridine rings is 1. The van der Waals surface area contributed by atoms with E-state index in [4.69, 9.17) is 0 Å². The fourth-order valence-electron chi connectivity index (χ4n) is 3.12. The van der Waals surface area contributed by atoms with Gasteiger partial charge in [0.2, 0.25) is 0 Å². The van der Waals surface area contributed by atoms with E-state index in [-0.39, 0.29) is 11.5 Å². The number of carbonyl (C=O) groups excluding carboxylic acids is 1. The molecule has 106 valence electrons.